The molecule has 0 heterocycles. The predicted octanol–water partition coefficient (Wildman–Crippen LogP) is -1.05. The Morgan fingerprint density at radius 2 is 1.71 bits per heavy atom. The van der Waals surface area contributed by atoms with Crippen molar-refractivity contribution < 1.29 is 44.3 Å². The van der Waals surface area contributed by atoms with Crippen LogP contribution in [0.25, 0.3) is 10.8 Å². The SMILES string of the molecule is CC(C)(CC(=O)Nc1ccc2ccccc2c1)C(=O)[O-].[Na+]. The first-order valence-electron chi connectivity index (χ1n) is 6.38. The molecule has 0 aliphatic carbocycles. The second kappa shape index (κ2) is 7.07. The van der Waals surface area contributed by atoms with Gasteiger partial charge in [0.15, 0.2) is 0 Å². The van der Waals surface area contributed by atoms with E-state index in [-0.39, 0.29) is 41.9 Å². The monoisotopic (exact) mass is 293 g/mol. The van der Waals surface area contributed by atoms with Crippen molar-refractivity contribution in [3.05, 3.63) is 42.5 Å². The Labute approximate surface area is 145 Å². The van der Waals surface area contributed by atoms with Crippen molar-refractivity contribution in [1.29, 1.82) is 0 Å². The zero-order valence-electron chi connectivity index (χ0n) is 12.5. The molecule has 1 amide bonds. The van der Waals surface area contributed by atoms with Crippen LogP contribution in [0.2, 0.25) is 0 Å². The van der Waals surface area contributed by atoms with Crippen molar-refractivity contribution in [2.45, 2.75) is 20.3 Å². The third kappa shape index (κ3) is 4.56. The number of hydrogen-bond acceptors (Lipinski definition) is 3. The number of rotatable bonds is 4. The fraction of sp³-hybridized carbons (Fsp3) is 0.250. The topological polar surface area (TPSA) is 69.2 Å². The Kier molecular flexibility index (Phi) is 5.96. The zero-order chi connectivity index (χ0) is 14.8. The van der Waals surface area contributed by atoms with Gasteiger partial charge in [0.25, 0.3) is 0 Å². The minimum Gasteiger partial charge on any atom is -0.550 e. The van der Waals surface area contributed by atoms with E-state index in [9.17, 15) is 14.7 Å². The van der Waals surface area contributed by atoms with Crippen LogP contribution in [-0.4, -0.2) is 11.9 Å². The maximum Gasteiger partial charge on any atom is 1.00 e. The summed E-state index contributed by atoms with van der Waals surface area (Å²) >= 11 is 0. The first kappa shape index (κ1) is 17.7. The van der Waals surface area contributed by atoms with Gasteiger partial charge in [-0.05, 0) is 22.9 Å². The number of anilines is 1. The Bertz CT molecular complexity index is 667. The maximum atomic E-state index is 11.9. The molecule has 0 unspecified atom stereocenters. The first-order chi connectivity index (χ1) is 9.38. The van der Waals surface area contributed by atoms with E-state index >= 15 is 0 Å². The second-order valence-electron chi connectivity index (χ2n) is 5.46. The summed E-state index contributed by atoms with van der Waals surface area (Å²) in [5.41, 5.74) is -0.524. The molecule has 21 heavy (non-hydrogen) atoms. The third-order valence-corrected chi connectivity index (χ3v) is 3.19. The summed E-state index contributed by atoms with van der Waals surface area (Å²) in [7, 11) is 0. The van der Waals surface area contributed by atoms with Crippen LogP contribution in [0.4, 0.5) is 5.69 Å². The summed E-state index contributed by atoms with van der Waals surface area (Å²) in [6.07, 6.45) is -0.123. The van der Waals surface area contributed by atoms with E-state index in [0.29, 0.717) is 5.69 Å². The minimum atomic E-state index is -1.23. The number of nitrogens with one attached hydrogen (secondary N) is 1. The summed E-state index contributed by atoms with van der Waals surface area (Å²) in [4.78, 5) is 22.8. The molecule has 0 fully saturated rings. The number of carbonyl (C=O) groups is 2. The van der Waals surface area contributed by atoms with Gasteiger partial charge in [0, 0.05) is 23.5 Å². The van der Waals surface area contributed by atoms with E-state index in [0.717, 1.165) is 10.8 Å². The average molecular weight is 293 g/mol. The maximum absolute atomic E-state index is 11.9. The molecule has 0 aromatic heterocycles. The molecule has 0 aliphatic heterocycles. The molecule has 104 valence electrons. The number of carbonyl (C=O) groups excluding carboxylic acids is 2. The molecule has 2 aromatic carbocycles. The zero-order valence-corrected chi connectivity index (χ0v) is 14.5. The van der Waals surface area contributed by atoms with E-state index in [1.54, 1.807) is 6.07 Å². The second-order valence-corrected chi connectivity index (χ2v) is 5.46. The number of amides is 1. The quantitative estimate of drug-likeness (QED) is 0.731. The molecular weight excluding hydrogens is 277 g/mol. The van der Waals surface area contributed by atoms with Gasteiger partial charge < -0.3 is 15.2 Å². The molecule has 4 nitrogen and oxygen atoms in total. The van der Waals surface area contributed by atoms with Gasteiger partial charge in [-0.1, -0.05) is 44.2 Å². The van der Waals surface area contributed by atoms with E-state index in [2.05, 4.69) is 5.32 Å². The standard InChI is InChI=1S/C16H17NO3.Na/c1-16(2,15(19)20)10-14(18)17-13-8-7-11-5-3-4-6-12(11)9-13;/h3-9H,10H2,1-2H3,(H,17,18)(H,19,20);/q;+1/p-1. The summed E-state index contributed by atoms with van der Waals surface area (Å²) in [6.45, 7) is 2.95. The Balaban J connectivity index is 0.00000220. The fourth-order valence-electron chi connectivity index (χ4n) is 1.95. The number of carboxylic acid groups (broad SMARTS) is 1. The molecule has 2 aromatic rings. The van der Waals surface area contributed by atoms with Gasteiger partial charge in [0.1, 0.15) is 0 Å². The van der Waals surface area contributed by atoms with Crippen LogP contribution >= 0.6 is 0 Å². The number of fused-ring (bicyclic) bond motifs is 1. The molecule has 0 bridgehead atoms. The molecule has 0 radical (unpaired) electrons. The van der Waals surface area contributed by atoms with Crippen molar-refractivity contribution in [1.82, 2.24) is 0 Å². The van der Waals surface area contributed by atoms with E-state index in [4.69, 9.17) is 0 Å². The summed E-state index contributed by atoms with van der Waals surface area (Å²) in [5, 5.41) is 15.7. The Hall–Kier alpha value is -1.36. The summed E-state index contributed by atoms with van der Waals surface area (Å²) < 4.78 is 0. The van der Waals surface area contributed by atoms with Crippen LogP contribution in [0, 0.1) is 5.41 Å². The van der Waals surface area contributed by atoms with Crippen LogP contribution in [0.5, 0.6) is 0 Å². The number of carboxylic acids is 1. The molecule has 1 N–H and O–H groups in total. The number of aliphatic carboxylic acids is 1. The summed E-state index contributed by atoms with van der Waals surface area (Å²) in [5.74, 6) is -1.57. The van der Waals surface area contributed by atoms with Crippen LogP contribution in [-0.2, 0) is 9.59 Å². The normalized spacial score (nSPS) is 10.8. The van der Waals surface area contributed by atoms with Gasteiger partial charge in [-0.25, -0.2) is 0 Å². The fourth-order valence-corrected chi connectivity index (χ4v) is 1.95. The molecule has 5 heteroatoms. The largest absolute Gasteiger partial charge is 1.00 e. The Morgan fingerprint density at radius 1 is 1.10 bits per heavy atom. The van der Waals surface area contributed by atoms with Gasteiger partial charge in [-0.15, -0.1) is 0 Å². The predicted molar refractivity (Wildman–Crippen MR) is 76.0 cm³/mol. The smallest absolute Gasteiger partial charge is 0.550 e. The van der Waals surface area contributed by atoms with Crippen molar-refractivity contribution in [2.75, 3.05) is 5.32 Å². The third-order valence-electron chi connectivity index (χ3n) is 3.19. The Morgan fingerprint density at radius 3 is 2.33 bits per heavy atom. The van der Waals surface area contributed by atoms with Gasteiger partial charge in [0.05, 0.1) is 0 Å². The van der Waals surface area contributed by atoms with E-state index in [1.807, 2.05) is 36.4 Å². The molecule has 2 rings (SSSR count). The van der Waals surface area contributed by atoms with Crippen molar-refractivity contribution in [3.63, 3.8) is 0 Å². The van der Waals surface area contributed by atoms with Gasteiger partial charge in [-0.2, -0.15) is 0 Å². The molecule has 0 atom stereocenters. The van der Waals surface area contributed by atoms with Gasteiger partial charge >= 0.3 is 29.6 Å². The van der Waals surface area contributed by atoms with Crippen molar-refractivity contribution in [3.8, 4) is 0 Å². The molecular formula is C16H16NNaO3. The number of benzene rings is 2. The molecule has 0 aliphatic rings. The molecule has 0 saturated heterocycles. The average Bonchev–Trinajstić information content (AvgIpc) is 2.37. The van der Waals surface area contributed by atoms with E-state index < -0.39 is 11.4 Å². The van der Waals surface area contributed by atoms with Crippen LogP contribution in [0.1, 0.15) is 20.3 Å². The van der Waals surface area contributed by atoms with Gasteiger partial charge in [0.2, 0.25) is 5.91 Å². The molecule has 0 saturated carbocycles. The van der Waals surface area contributed by atoms with Gasteiger partial charge in [-0.3, -0.25) is 4.79 Å². The first-order valence-corrected chi connectivity index (χ1v) is 6.38. The van der Waals surface area contributed by atoms with Crippen LogP contribution in [0.3, 0.4) is 0 Å². The number of hydrogen-bond donors (Lipinski definition) is 1. The van der Waals surface area contributed by atoms with Crippen LogP contribution in [0.15, 0.2) is 42.5 Å². The minimum absolute atomic E-state index is 0. The molecule has 0 spiro atoms. The van der Waals surface area contributed by atoms with E-state index in [1.165, 1.54) is 13.8 Å². The van der Waals surface area contributed by atoms with Crippen LogP contribution < -0.4 is 40.0 Å². The van der Waals surface area contributed by atoms with Crippen molar-refractivity contribution >= 4 is 28.3 Å². The summed E-state index contributed by atoms with van der Waals surface area (Å²) in [6, 6.07) is 13.4. The van der Waals surface area contributed by atoms with Crippen molar-refractivity contribution in [2.24, 2.45) is 5.41 Å².